The number of carbonyl (C=O) groups excluding carboxylic acids is 4. The van der Waals surface area contributed by atoms with Gasteiger partial charge in [0.15, 0.2) is 6.23 Å². The van der Waals surface area contributed by atoms with Crippen molar-refractivity contribution in [2.75, 3.05) is 25.4 Å². The van der Waals surface area contributed by atoms with Gasteiger partial charge < -0.3 is 31.1 Å². The number of nitrogens with one attached hydrogen (secondary N) is 4. The van der Waals surface area contributed by atoms with Gasteiger partial charge in [0.25, 0.3) is 0 Å². The third kappa shape index (κ3) is 10.00. The monoisotopic (exact) mass is 532 g/mol. The van der Waals surface area contributed by atoms with E-state index in [1.165, 1.54) is 0 Å². The molecule has 2 aromatic carbocycles. The van der Waals surface area contributed by atoms with Crippen LogP contribution in [0.15, 0.2) is 36.4 Å². The number of hydrogen-bond acceptors (Lipinski definition) is 7. The van der Waals surface area contributed by atoms with Crippen molar-refractivity contribution in [1.29, 1.82) is 0 Å². The lowest BCUT2D eigenvalue weighted by Gasteiger charge is -2.20. The SMILES string of the molecule is CCCC(NC(=O)CNC(=O)CNC(=O)CNC(=O)CS)Oc1ccc2cc([C@H](C)C(=O)O)ccc2c1. The molecule has 11 nitrogen and oxygen atoms in total. The molecule has 0 bridgehead atoms. The summed E-state index contributed by atoms with van der Waals surface area (Å²) in [5.41, 5.74) is 0.701. The number of fused-ring (bicyclic) bond motifs is 1. The normalized spacial score (nSPS) is 12.2. The molecule has 0 aliphatic rings. The van der Waals surface area contributed by atoms with Crippen molar-refractivity contribution in [1.82, 2.24) is 21.3 Å². The van der Waals surface area contributed by atoms with Crippen LogP contribution in [0.3, 0.4) is 0 Å². The molecule has 2 aromatic rings. The molecule has 0 heterocycles. The minimum Gasteiger partial charge on any atom is -0.481 e. The van der Waals surface area contributed by atoms with Crippen LogP contribution in [0, 0.1) is 0 Å². The van der Waals surface area contributed by atoms with E-state index in [0.29, 0.717) is 17.7 Å². The van der Waals surface area contributed by atoms with Gasteiger partial charge in [-0.05, 0) is 35.4 Å². The third-order valence-electron chi connectivity index (χ3n) is 5.34. The van der Waals surface area contributed by atoms with E-state index >= 15 is 0 Å². The predicted molar refractivity (Wildman–Crippen MR) is 140 cm³/mol. The van der Waals surface area contributed by atoms with Gasteiger partial charge in [0, 0.05) is 6.42 Å². The largest absolute Gasteiger partial charge is 0.481 e. The van der Waals surface area contributed by atoms with Crippen molar-refractivity contribution < 1.29 is 33.8 Å². The summed E-state index contributed by atoms with van der Waals surface area (Å²) in [4.78, 5) is 58.2. The number of carboxylic acids is 1. The summed E-state index contributed by atoms with van der Waals surface area (Å²) in [7, 11) is 0. The number of benzene rings is 2. The molecule has 5 N–H and O–H groups in total. The van der Waals surface area contributed by atoms with Crippen molar-refractivity contribution in [2.24, 2.45) is 0 Å². The van der Waals surface area contributed by atoms with Gasteiger partial charge in [-0.15, -0.1) is 0 Å². The average molecular weight is 533 g/mol. The smallest absolute Gasteiger partial charge is 0.310 e. The zero-order valence-electron chi connectivity index (χ0n) is 20.7. The zero-order chi connectivity index (χ0) is 27.4. The fourth-order valence-electron chi connectivity index (χ4n) is 3.26. The standard InChI is InChI=1S/C25H32N4O7S/c1-3-4-24(29-22(32)13-27-20(30)11-26-21(31)12-28-23(33)14-37)36-19-8-7-17-9-16(15(2)25(34)35)5-6-18(17)10-19/h5-10,15,24,37H,3-4,11-14H2,1-2H3,(H,26,31)(H,27,30)(H,28,33)(H,29,32)(H,34,35)/t15-,24?/m0/s1. The fraction of sp³-hybridized carbons (Fsp3) is 0.400. The summed E-state index contributed by atoms with van der Waals surface area (Å²) in [6.45, 7) is 2.64. The van der Waals surface area contributed by atoms with Crippen LogP contribution in [0.1, 0.15) is 38.2 Å². The van der Waals surface area contributed by atoms with Crippen molar-refractivity contribution in [2.45, 2.75) is 38.8 Å². The Bertz CT molecular complexity index is 1140. The molecule has 0 spiro atoms. The Morgan fingerprint density at radius 2 is 1.43 bits per heavy atom. The van der Waals surface area contributed by atoms with E-state index in [-0.39, 0.29) is 25.4 Å². The molecule has 0 saturated heterocycles. The molecule has 4 amide bonds. The first-order chi connectivity index (χ1) is 17.6. The molecule has 2 atom stereocenters. The molecular formula is C25H32N4O7S. The quantitative estimate of drug-likeness (QED) is 0.156. The molecule has 0 fully saturated rings. The molecule has 200 valence electrons. The van der Waals surface area contributed by atoms with Gasteiger partial charge in [-0.3, -0.25) is 24.0 Å². The summed E-state index contributed by atoms with van der Waals surface area (Å²) in [6.07, 6.45) is 0.631. The Labute approximate surface area is 220 Å². The van der Waals surface area contributed by atoms with Gasteiger partial charge in [0.05, 0.1) is 31.3 Å². The Morgan fingerprint density at radius 1 is 0.865 bits per heavy atom. The lowest BCUT2D eigenvalue weighted by molar-refractivity contribution is -0.138. The highest BCUT2D eigenvalue weighted by Gasteiger charge is 2.16. The number of thiol groups is 1. The van der Waals surface area contributed by atoms with Crippen molar-refractivity contribution in [3.8, 4) is 5.75 Å². The van der Waals surface area contributed by atoms with E-state index in [1.807, 2.05) is 31.2 Å². The summed E-state index contributed by atoms with van der Waals surface area (Å²) < 4.78 is 5.96. The molecule has 2 rings (SSSR count). The second kappa shape index (κ2) is 14.7. The number of aliphatic carboxylic acids is 1. The van der Waals surface area contributed by atoms with E-state index in [1.54, 1.807) is 19.1 Å². The third-order valence-corrected chi connectivity index (χ3v) is 5.63. The van der Waals surface area contributed by atoms with Crippen LogP contribution in [0.2, 0.25) is 0 Å². The zero-order valence-corrected chi connectivity index (χ0v) is 21.6. The highest BCUT2D eigenvalue weighted by atomic mass is 32.1. The van der Waals surface area contributed by atoms with Gasteiger partial charge in [0.1, 0.15) is 5.75 Å². The van der Waals surface area contributed by atoms with Crippen LogP contribution in [-0.4, -0.2) is 66.3 Å². The Hall–Kier alpha value is -3.80. The molecule has 0 aliphatic carbocycles. The fourth-order valence-corrected chi connectivity index (χ4v) is 3.37. The van der Waals surface area contributed by atoms with E-state index < -0.39 is 41.7 Å². The molecule has 0 aromatic heterocycles. The predicted octanol–water partition coefficient (Wildman–Crippen LogP) is 0.928. The van der Waals surface area contributed by atoms with E-state index in [0.717, 1.165) is 17.2 Å². The van der Waals surface area contributed by atoms with E-state index in [4.69, 9.17) is 4.74 Å². The van der Waals surface area contributed by atoms with Gasteiger partial charge in [-0.25, -0.2) is 0 Å². The first kappa shape index (κ1) is 29.4. The van der Waals surface area contributed by atoms with Crippen molar-refractivity contribution >= 4 is 53.0 Å². The molecule has 0 saturated carbocycles. The number of carbonyl (C=O) groups is 5. The average Bonchev–Trinajstić information content (AvgIpc) is 2.88. The second-order valence-corrected chi connectivity index (χ2v) is 8.60. The number of hydrogen-bond donors (Lipinski definition) is 6. The minimum atomic E-state index is -0.895. The van der Waals surface area contributed by atoms with Crippen molar-refractivity contribution in [3.63, 3.8) is 0 Å². The lowest BCUT2D eigenvalue weighted by atomic mass is 9.98. The molecular weight excluding hydrogens is 500 g/mol. The first-order valence-corrected chi connectivity index (χ1v) is 12.4. The Morgan fingerprint density at radius 3 is 2.03 bits per heavy atom. The molecule has 0 aliphatic heterocycles. The molecule has 37 heavy (non-hydrogen) atoms. The first-order valence-electron chi connectivity index (χ1n) is 11.8. The van der Waals surface area contributed by atoms with Gasteiger partial charge >= 0.3 is 5.97 Å². The van der Waals surface area contributed by atoms with Crippen LogP contribution >= 0.6 is 12.6 Å². The Balaban J connectivity index is 1.86. The Kier molecular flexibility index (Phi) is 11.7. The van der Waals surface area contributed by atoms with Gasteiger partial charge in [0.2, 0.25) is 23.6 Å². The van der Waals surface area contributed by atoms with Crippen LogP contribution in [-0.2, 0) is 24.0 Å². The lowest BCUT2D eigenvalue weighted by Crippen LogP contribution is -2.47. The summed E-state index contributed by atoms with van der Waals surface area (Å²) >= 11 is 3.77. The summed E-state index contributed by atoms with van der Waals surface area (Å²) in [6, 6.07) is 10.8. The maximum absolute atomic E-state index is 12.3. The number of rotatable bonds is 14. The topological polar surface area (TPSA) is 163 Å². The van der Waals surface area contributed by atoms with Crippen molar-refractivity contribution in [3.05, 3.63) is 42.0 Å². The number of carboxylic acid groups (broad SMARTS) is 1. The van der Waals surface area contributed by atoms with Gasteiger partial charge in [-0.1, -0.05) is 37.6 Å². The maximum atomic E-state index is 12.3. The van der Waals surface area contributed by atoms with E-state index in [9.17, 15) is 29.1 Å². The summed E-state index contributed by atoms with van der Waals surface area (Å²) in [5, 5.41) is 20.7. The maximum Gasteiger partial charge on any atom is 0.310 e. The second-order valence-electron chi connectivity index (χ2n) is 8.28. The highest BCUT2D eigenvalue weighted by molar-refractivity contribution is 7.81. The molecule has 1 unspecified atom stereocenters. The molecule has 12 heteroatoms. The number of amides is 4. The number of ether oxygens (including phenoxy) is 1. The van der Waals surface area contributed by atoms with E-state index in [2.05, 4.69) is 33.9 Å². The summed E-state index contributed by atoms with van der Waals surface area (Å²) in [5.74, 6) is -3.03. The molecule has 0 radical (unpaired) electrons. The minimum absolute atomic E-state index is 0.0543. The van der Waals surface area contributed by atoms with Crippen LogP contribution in [0.25, 0.3) is 10.8 Å². The van der Waals surface area contributed by atoms with Crippen LogP contribution < -0.4 is 26.0 Å². The van der Waals surface area contributed by atoms with Crippen LogP contribution in [0.5, 0.6) is 5.75 Å². The van der Waals surface area contributed by atoms with Crippen LogP contribution in [0.4, 0.5) is 0 Å². The highest BCUT2D eigenvalue weighted by Crippen LogP contribution is 2.26. The van der Waals surface area contributed by atoms with Gasteiger partial charge in [-0.2, -0.15) is 12.6 Å².